The molecule has 2 N–H and O–H groups in total. The van der Waals surface area contributed by atoms with Crippen molar-refractivity contribution < 1.29 is 5.11 Å². The molecule has 11 heavy (non-hydrogen) atoms. The summed E-state index contributed by atoms with van der Waals surface area (Å²) in [5.41, 5.74) is 0. The zero-order valence-electron chi connectivity index (χ0n) is 7.51. The number of piperidine rings is 1. The molecule has 0 amide bonds. The van der Waals surface area contributed by atoms with Crippen LogP contribution in [-0.2, 0) is 0 Å². The highest BCUT2D eigenvalue weighted by Gasteiger charge is 2.24. The van der Waals surface area contributed by atoms with E-state index in [1.165, 1.54) is 0 Å². The number of aliphatic hydroxyl groups excluding tert-OH is 1. The van der Waals surface area contributed by atoms with Crippen LogP contribution in [0, 0.1) is 0 Å². The number of nitrogens with one attached hydrogen (secondary N) is 1. The van der Waals surface area contributed by atoms with Gasteiger partial charge in [-0.1, -0.05) is 13.3 Å². The zero-order valence-corrected chi connectivity index (χ0v) is 7.51. The number of rotatable bonds is 2. The molecule has 1 rings (SSSR count). The van der Waals surface area contributed by atoms with Gasteiger partial charge < -0.3 is 10.4 Å². The Bertz CT molecular complexity index is 116. The Morgan fingerprint density at radius 1 is 1.45 bits per heavy atom. The molecule has 1 aliphatic heterocycles. The van der Waals surface area contributed by atoms with Crippen molar-refractivity contribution >= 4 is 0 Å². The lowest BCUT2D eigenvalue weighted by Gasteiger charge is -2.33. The van der Waals surface area contributed by atoms with Crippen LogP contribution in [0.2, 0.25) is 0 Å². The molecule has 0 aliphatic carbocycles. The molecule has 1 saturated heterocycles. The second kappa shape index (κ2) is 4.07. The fourth-order valence-electron chi connectivity index (χ4n) is 1.77. The summed E-state index contributed by atoms with van der Waals surface area (Å²) in [5, 5.41) is 13.0. The minimum absolute atomic E-state index is 0.105. The van der Waals surface area contributed by atoms with E-state index in [0.29, 0.717) is 12.1 Å². The van der Waals surface area contributed by atoms with Crippen molar-refractivity contribution in [2.75, 3.05) is 0 Å². The van der Waals surface area contributed by atoms with E-state index in [1.807, 2.05) is 0 Å². The number of hydrogen-bond donors (Lipinski definition) is 2. The van der Waals surface area contributed by atoms with E-state index in [1.54, 1.807) is 0 Å². The first kappa shape index (κ1) is 9.01. The van der Waals surface area contributed by atoms with E-state index < -0.39 is 0 Å². The molecule has 0 aromatic carbocycles. The first-order valence-electron chi connectivity index (χ1n) is 4.68. The fraction of sp³-hybridized carbons (Fsp3) is 1.00. The lowest BCUT2D eigenvalue weighted by Crippen LogP contribution is -2.49. The summed E-state index contributed by atoms with van der Waals surface area (Å²) in [6.45, 7) is 4.35. The van der Waals surface area contributed by atoms with Crippen LogP contribution in [0.1, 0.15) is 39.5 Å². The predicted molar refractivity (Wildman–Crippen MR) is 46.5 cm³/mol. The molecular formula is C9H19NO. The monoisotopic (exact) mass is 157 g/mol. The Labute approximate surface area is 69.0 Å². The maximum Gasteiger partial charge on any atom is 0.0693 e. The van der Waals surface area contributed by atoms with Gasteiger partial charge in [0.2, 0.25) is 0 Å². The van der Waals surface area contributed by atoms with E-state index in [2.05, 4.69) is 19.2 Å². The Morgan fingerprint density at radius 2 is 2.18 bits per heavy atom. The zero-order chi connectivity index (χ0) is 8.27. The van der Waals surface area contributed by atoms with Gasteiger partial charge in [-0.05, 0) is 26.2 Å². The van der Waals surface area contributed by atoms with Crippen molar-refractivity contribution in [2.24, 2.45) is 0 Å². The molecule has 0 bridgehead atoms. The van der Waals surface area contributed by atoms with E-state index in [9.17, 15) is 5.11 Å². The van der Waals surface area contributed by atoms with Crippen molar-refractivity contribution in [1.82, 2.24) is 5.32 Å². The lowest BCUT2D eigenvalue weighted by atomic mass is 9.94. The Kier molecular flexibility index (Phi) is 3.34. The molecule has 0 aromatic heterocycles. The average Bonchev–Trinajstić information content (AvgIpc) is 1.98. The largest absolute Gasteiger partial charge is 0.392 e. The Hall–Kier alpha value is -0.0800. The average molecular weight is 157 g/mol. The van der Waals surface area contributed by atoms with Crippen LogP contribution in [0.25, 0.3) is 0 Å². The Balaban J connectivity index is 2.34. The quantitative estimate of drug-likeness (QED) is 0.633. The summed E-state index contributed by atoms with van der Waals surface area (Å²) in [5.74, 6) is 0. The minimum atomic E-state index is -0.105. The van der Waals surface area contributed by atoms with Crippen molar-refractivity contribution in [3.8, 4) is 0 Å². The van der Waals surface area contributed by atoms with E-state index in [4.69, 9.17) is 0 Å². The molecule has 0 aromatic rings. The maximum absolute atomic E-state index is 9.56. The third kappa shape index (κ3) is 2.46. The van der Waals surface area contributed by atoms with Crippen LogP contribution in [0.4, 0.5) is 0 Å². The molecule has 2 heteroatoms. The van der Waals surface area contributed by atoms with Gasteiger partial charge in [0.15, 0.2) is 0 Å². The van der Waals surface area contributed by atoms with Crippen LogP contribution < -0.4 is 5.32 Å². The smallest absolute Gasteiger partial charge is 0.0693 e. The summed E-state index contributed by atoms with van der Waals surface area (Å²) in [6.07, 6.45) is 4.24. The topological polar surface area (TPSA) is 32.3 Å². The standard InChI is InChI=1S/C9H19NO/c1-3-4-8-9(11)6-5-7(2)10-8/h7-11H,3-6H2,1-2H3/t7-,8+,9+/m1/s1. The van der Waals surface area contributed by atoms with Gasteiger partial charge in [-0.2, -0.15) is 0 Å². The predicted octanol–water partition coefficient (Wildman–Crippen LogP) is 1.29. The van der Waals surface area contributed by atoms with Crippen LogP contribution >= 0.6 is 0 Å². The molecule has 1 fully saturated rings. The van der Waals surface area contributed by atoms with Gasteiger partial charge >= 0.3 is 0 Å². The highest BCUT2D eigenvalue weighted by atomic mass is 16.3. The normalized spacial score (nSPS) is 39.0. The molecule has 1 heterocycles. The van der Waals surface area contributed by atoms with Crippen LogP contribution in [0.3, 0.4) is 0 Å². The second-order valence-corrected chi connectivity index (χ2v) is 3.61. The molecule has 1 aliphatic rings. The highest BCUT2D eigenvalue weighted by Crippen LogP contribution is 2.16. The first-order valence-corrected chi connectivity index (χ1v) is 4.68. The maximum atomic E-state index is 9.56. The third-order valence-corrected chi connectivity index (χ3v) is 2.46. The molecule has 0 spiro atoms. The van der Waals surface area contributed by atoms with Crippen molar-refractivity contribution in [3.63, 3.8) is 0 Å². The fourth-order valence-corrected chi connectivity index (χ4v) is 1.77. The van der Waals surface area contributed by atoms with Gasteiger partial charge in [-0.25, -0.2) is 0 Å². The van der Waals surface area contributed by atoms with Gasteiger partial charge in [0.1, 0.15) is 0 Å². The van der Waals surface area contributed by atoms with Gasteiger partial charge in [-0.15, -0.1) is 0 Å². The van der Waals surface area contributed by atoms with Crippen molar-refractivity contribution in [1.29, 1.82) is 0 Å². The molecule has 2 nitrogen and oxygen atoms in total. The summed E-state index contributed by atoms with van der Waals surface area (Å²) in [7, 11) is 0. The molecule has 0 saturated carbocycles. The lowest BCUT2D eigenvalue weighted by molar-refractivity contribution is 0.0782. The van der Waals surface area contributed by atoms with E-state index >= 15 is 0 Å². The van der Waals surface area contributed by atoms with Gasteiger partial charge in [-0.3, -0.25) is 0 Å². The van der Waals surface area contributed by atoms with E-state index in [0.717, 1.165) is 25.7 Å². The molecule has 66 valence electrons. The van der Waals surface area contributed by atoms with E-state index in [-0.39, 0.29) is 6.10 Å². The third-order valence-electron chi connectivity index (χ3n) is 2.46. The highest BCUT2D eigenvalue weighted by molar-refractivity contribution is 4.84. The van der Waals surface area contributed by atoms with Crippen LogP contribution in [0.5, 0.6) is 0 Å². The molecule has 3 atom stereocenters. The summed E-state index contributed by atoms with van der Waals surface area (Å²) in [6, 6.07) is 0.943. The minimum Gasteiger partial charge on any atom is -0.392 e. The summed E-state index contributed by atoms with van der Waals surface area (Å²) in [4.78, 5) is 0. The number of aliphatic hydroxyl groups is 1. The second-order valence-electron chi connectivity index (χ2n) is 3.61. The summed E-state index contributed by atoms with van der Waals surface area (Å²) >= 11 is 0. The van der Waals surface area contributed by atoms with Gasteiger partial charge in [0.25, 0.3) is 0 Å². The first-order chi connectivity index (χ1) is 5.24. The Morgan fingerprint density at radius 3 is 2.82 bits per heavy atom. The molecule has 0 radical (unpaired) electrons. The number of hydrogen-bond acceptors (Lipinski definition) is 2. The molecular weight excluding hydrogens is 138 g/mol. The van der Waals surface area contributed by atoms with Gasteiger partial charge in [0, 0.05) is 12.1 Å². The van der Waals surface area contributed by atoms with Gasteiger partial charge in [0.05, 0.1) is 6.10 Å². The van der Waals surface area contributed by atoms with Crippen molar-refractivity contribution in [3.05, 3.63) is 0 Å². The SMILES string of the molecule is CCC[C@@H]1N[C@H](C)CC[C@@H]1O. The van der Waals surface area contributed by atoms with Crippen molar-refractivity contribution in [2.45, 2.75) is 57.7 Å². The molecule has 0 unspecified atom stereocenters. The van der Waals surface area contributed by atoms with Crippen LogP contribution in [0.15, 0.2) is 0 Å². The summed E-state index contributed by atoms with van der Waals surface area (Å²) < 4.78 is 0. The van der Waals surface area contributed by atoms with Crippen LogP contribution in [-0.4, -0.2) is 23.3 Å².